The molecule has 0 amide bonds. The molecule has 39 heavy (non-hydrogen) atoms. The van der Waals surface area contributed by atoms with Gasteiger partial charge >= 0.3 is 0 Å². The van der Waals surface area contributed by atoms with Crippen molar-refractivity contribution in [2.75, 3.05) is 0 Å². The highest BCUT2D eigenvalue weighted by Crippen LogP contribution is 2.30. The monoisotopic (exact) mass is 549 g/mol. The van der Waals surface area contributed by atoms with E-state index in [0.29, 0.717) is 22.5 Å². The fraction of sp³-hybridized carbons (Fsp3) is 0.269. The van der Waals surface area contributed by atoms with Crippen LogP contribution in [0.5, 0.6) is 5.75 Å². The standard InChI is InChI=1S/C26H27B2ClFN5O4/c1-13-8-16(30)21(33-11-13)26(27,28)39-18-9-15(3)35(23(36)20(18)29)17-10-19(32-12-14(17)2)34-7-6-31-22(24(34)37)25(4,5)38/h6-12,38H,27-28H2,1-5H3. The fourth-order valence-corrected chi connectivity index (χ4v) is 4.42. The normalized spacial score (nSPS) is 12.0. The highest BCUT2D eigenvalue weighted by molar-refractivity contribution is 6.39. The van der Waals surface area contributed by atoms with Crippen LogP contribution in [-0.4, -0.2) is 44.9 Å². The van der Waals surface area contributed by atoms with Gasteiger partial charge in [0.25, 0.3) is 11.1 Å². The Kier molecular flexibility index (Phi) is 7.31. The molecule has 0 atom stereocenters. The topological polar surface area (TPSA) is 112 Å². The van der Waals surface area contributed by atoms with E-state index >= 15 is 0 Å². The lowest BCUT2D eigenvalue weighted by molar-refractivity contribution is 0.0718. The van der Waals surface area contributed by atoms with E-state index in [-0.39, 0.29) is 28.0 Å². The first kappa shape index (κ1) is 28.3. The number of nitrogens with zero attached hydrogens (tertiary/aromatic N) is 5. The molecular formula is C26H27B2ClFN5O4. The van der Waals surface area contributed by atoms with Crippen LogP contribution in [0.1, 0.15) is 42.1 Å². The second-order valence-electron chi connectivity index (χ2n) is 10.4. The number of aryl methyl sites for hydroxylation is 3. The summed E-state index contributed by atoms with van der Waals surface area (Å²) >= 11 is 6.50. The molecule has 4 aromatic rings. The van der Waals surface area contributed by atoms with Crippen molar-refractivity contribution in [1.29, 1.82) is 0 Å². The summed E-state index contributed by atoms with van der Waals surface area (Å²) in [6.07, 6.45) is 5.89. The Labute approximate surface area is 231 Å². The molecule has 4 rings (SSSR count). The van der Waals surface area contributed by atoms with Crippen LogP contribution >= 0.6 is 11.6 Å². The first-order valence-electron chi connectivity index (χ1n) is 12.1. The molecule has 200 valence electrons. The Morgan fingerprint density at radius 3 is 2.33 bits per heavy atom. The zero-order valence-corrected chi connectivity index (χ0v) is 23.5. The first-order valence-corrected chi connectivity index (χ1v) is 12.5. The Hall–Kier alpha value is -3.76. The third kappa shape index (κ3) is 5.39. The predicted octanol–water partition coefficient (Wildman–Crippen LogP) is 1.57. The van der Waals surface area contributed by atoms with Crippen LogP contribution < -0.4 is 15.9 Å². The first-order chi connectivity index (χ1) is 18.1. The summed E-state index contributed by atoms with van der Waals surface area (Å²) in [6, 6.07) is 4.52. The SMILES string of the molecule is BC(B)(Oc1cc(C)n(-c2cc(-n3ccnc(C(C)(C)O)c3=O)ncc2C)c(=O)c1Cl)c1ncc(C)cc1F. The minimum absolute atomic E-state index is 0.0473. The molecule has 0 aliphatic rings. The van der Waals surface area contributed by atoms with Crippen LogP contribution in [-0.2, 0) is 11.0 Å². The molecule has 0 saturated carbocycles. The maximum atomic E-state index is 14.6. The number of rotatable bonds is 6. The molecule has 0 bridgehead atoms. The van der Waals surface area contributed by atoms with Crippen LogP contribution in [0.25, 0.3) is 11.5 Å². The average Bonchev–Trinajstić information content (AvgIpc) is 2.82. The Bertz CT molecular complexity index is 1720. The molecule has 0 aliphatic heterocycles. The van der Waals surface area contributed by atoms with Crippen LogP contribution in [0.15, 0.2) is 52.6 Å². The van der Waals surface area contributed by atoms with Crippen molar-refractivity contribution in [2.24, 2.45) is 0 Å². The second kappa shape index (κ2) is 10.1. The second-order valence-corrected chi connectivity index (χ2v) is 10.8. The number of ether oxygens (including phenoxy) is 1. The largest absolute Gasteiger partial charge is 0.498 e. The van der Waals surface area contributed by atoms with Crippen molar-refractivity contribution >= 4 is 27.3 Å². The van der Waals surface area contributed by atoms with Crippen molar-refractivity contribution < 1.29 is 14.2 Å². The van der Waals surface area contributed by atoms with Crippen molar-refractivity contribution in [3.05, 3.63) is 103 Å². The van der Waals surface area contributed by atoms with Gasteiger partial charge in [0.2, 0.25) is 0 Å². The summed E-state index contributed by atoms with van der Waals surface area (Å²) in [5.41, 5.74) is -0.318. The molecule has 0 radical (unpaired) electrons. The molecule has 4 aromatic heterocycles. The molecule has 0 spiro atoms. The minimum Gasteiger partial charge on any atom is -0.498 e. The highest BCUT2D eigenvalue weighted by atomic mass is 35.5. The summed E-state index contributed by atoms with van der Waals surface area (Å²) in [7, 11) is 3.28. The van der Waals surface area contributed by atoms with E-state index in [9.17, 15) is 19.1 Å². The van der Waals surface area contributed by atoms with Gasteiger partial charge in [0, 0.05) is 42.6 Å². The van der Waals surface area contributed by atoms with E-state index in [4.69, 9.17) is 16.3 Å². The lowest BCUT2D eigenvalue weighted by Gasteiger charge is -2.28. The van der Waals surface area contributed by atoms with Crippen LogP contribution in [0.3, 0.4) is 0 Å². The van der Waals surface area contributed by atoms with Gasteiger partial charge in [-0.3, -0.25) is 28.7 Å². The summed E-state index contributed by atoms with van der Waals surface area (Å²) in [5.74, 6) is -0.229. The molecule has 9 nitrogen and oxygen atoms in total. The quantitative estimate of drug-likeness (QED) is 0.364. The fourth-order valence-electron chi connectivity index (χ4n) is 4.24. The maximum Gasteiger partial charge on any atom is 0.280 e. The van der Waals surface area contributed by atoms with Crippen LogP contribution in [0, 0.1) is 26.6 Å². The smallest absolute Gasteiger partial charge is 0.280 e. The summed E-state index contributed by atoms with van der Waals surface area (Å²) in [5, 5.41) is 8.90. The van der Waals surface area contributed by atoms with Crippen molar-refractivity contribution in [2.45, 2.75) is 45.6 Å². The van der Waals surface area contributed by atoms with Gasteiger partial charge in [0.15, 0.2) is 15.7 Å². The minimum atomic E-state index is -1.46. The van der Waals surface area contributed by atoms with Gasteiger partial charge in [-0.25, -0.2) is 9.37 Å². The van der Waals surface area contributed by atoms with E-state index in [1.54, 1.807) is 48.6 Å². The number of halogens is 2. The van der Waals surface area contributed by atoms with E-state index < -0.39 is 27.9 Å². The van der Waals surface area contributed by atoms with Gasteiger partial charge < -0.3 is 9.84 Å². The average molecular weight is 550 g/mol. The molecule has 0 fully saturated rings. The van der Waals surface area contributed by atoms with E-state index in [0.717, 1.165) is 0 Å². The number of pyridine rings is 3. The summed E-state index contributed by atoms with van der Waals surface area (Å²) in [6.45, 7) is 8.13. The number of aliphatic hydroxyl groups is 1. The molecule has 0 aromatic carbocycles. The number of hydrogen-bond acceptors (Lipinski definition) is 7. The molecular weight excluding hydrogens is 522 g/mol. The zero-order chi connectivity index (χ0) is 28.9. The number of hydrogen-bond donors (Lipinski definition) is 1. The van der Waals surface area contributed by atoms with Gasteiger partial charge in [0.05, 0.1) is 11.1 Å². The Balaban J connectivity index is 1.81. The zero-order valence-electron chi connectivity index (χ0n) is 22.7. The van der Waals surface area contributed by atoms with Crippen molar-refractivity contribution in [3.63, 3.8) is 0 Å². The Morgan fingerprint density at radius 1 is 1.00 bits per heavy atom. The van der Waals surface area contributed by atoms with Crippen LogP contribution in [0.2, 0.25) is 5.02 Å². The van der Waals surface area contributed by atoms with Gasteiger partial charge in [-0.05, 0) is 51.8 Å². The summed E-state index contributed by atoms with van der Waals surface area (Å²) < 4.78 is 23.3. The van der Waals surface area contributed by atoms with E-state index in [2.05, 4.69) is 15.0 Å². The van der Waals surface area contributed by atoms with E-state index in [1.807, 2.05) is 0 Å². The molecule has 4 heterocycles. The van der Waals surface area contributed by atoms with Gasteiger partial charge in [-0.2, -0.15) is 0 Å². The lowest BCUT2D eigenvalue weighted by atomic mass is 9.62. The molecule has 0 saturated heterocycles. The maximum absolute atomic E-state index is 14.6. The molecule has 1 N–H and O–H groups in total. The van der Waals surface area contributed by atoms with Gasteiger partial charge in [-0.1, -0.05) is 11.6 Å². The predicted molar refractivity (Wildman–Crippen MR) is 151 cm³/mol. The summed E-state index contributed by atoms with van der Waals surface area (Å²) in [4.78, 5) is 39.1. The lowest BCUT2D eigenvalue weighted by Crippen LogP contribution is -2.37. The third-order valence-corrected chi connectivity index (χ3v) is 6.53. The Morgan fingerprint density at radius 2 is 1.69 bits per heavy atom. The van der Waals surface area contributed by atoms with E-state index in [1.165, 1.54) is 53.8 Å². The van der Waals surface area contributed by atoms with Crippen molar-refractivity contribution in [1.82, 2.24) is 24.1 Å². The molecule has 0 aliphatic carbocycles. The molecule has 13 heteroatoms. The number of aromatic nitrogens is 5. The van der Waals surface area contributed by atoms with Crippen LogP contribution in [0.4, 0.5) is 4.39 Å². The van der Waals surface area contributed by atoms with Gasteiger partial charge in [0.1, 0.15) is 39.4 Å². The van der Waals surface area contributed by atoms with Crippen molar-refractivity contribution in [3.8, 4) is 17.3 Å². The molecule has 0 unspecified atom stereocenters. The van der Waals surface area contributed by atoms with Gasteiger partial charge in [-0.15, -0.1) is 0 Å². The third-order valence-electron chi connectivity index (χ3n) is 6.18. The highest BCUT2D eigenvalue weighted by Gasteiger charge is 2.30.